The van der Waals surface area contributed by atoms with Crippen molar-refractivity contribution in [2.24, 2.45) is 5.92 Å². The molecule has 1 aromatic heterocycles. The molecule has 0 aliphatic heterocycles. The van der Waals surface area contributed by atoms with Crippen LogP contribution in [0.2, 0.25) is 4.34 Å². The maximum absolute atomic E-state index is 12.4. The zero-order chi connectivity index (χ0) is 20.3. The number of carbonyl (C=O) groups excluding carboxylic acids is 2. The highest BCUT2D eigenvalue weighted by Gasteiger charge is 2.29. The van der Waals surface area contributed by atoms with E-state index in [9.17, 15) is 18.0 Å². The van der Waals surface area contributed by atoms with Gasteiger partial charge in [0.15, 0.2) is 0 Å². The zero-order valence-corrected chi connectivity index (χ0v) is 17.5. The van der Waals surface area contributed by atoms with Crippen molar-refractivity contribution in [2.75, 3.05) is 18.9 Å². The van der Waals surface area contributed by atoms with Crippen molar-refractivity contribution in [1.29, 1.82) is 0 Å². The molecular formula is C18H20ClN3O4S2. The largest absolute Gasteiger partial charge is 0.351 e. The molecule has 3 rings (SSSR count). The number of likely N-dealkylation sites (N-methyl/N-ethyl adjacent to an activating group) is 1. The number of halogens is 1. The van der Waals surface area contributed by atoms with E-state index in [0.717, 1.165) is 34.0 Å². The molecule has 28 heavy (non-hydrogen) atoms. The number of nitrogens with one attached hydrogen (secondary N) is 2. The second-order valence-corrected chi connectivity index (χ2v) is 10.5. The van der Waals surface area contributed by atoms with Crippen molar-refractivity contribution < 1.29 is 18.0 Å². The van der Waals surface area contributed by atoms with E-state index in [-0.39, 0.29) is 29.1 Å². The molecule has 0 spiro atoms. The van der Waals surface area contributed by atoms with Gasteiger partial charge in [-0.3, -0.25) is 9.59 Å². The van der Waals surface area contributed by atoms with Crippen molar-refractivity contribution in [2.45, 2.75) is 23.6 Å². The van der Waals surface area contributed by atoms with Gasteiger partial charge < -0.3 is 10.6 Å². The van der Waals surface area contributed by atoms with Gasteiger partial charge in [-0.15, -0.1) is 11.3 Å². The molecule has 7 nitrogen and oxygen atoms in total. The van der Waals surface area contributed by atoms with E-state index in [1.807, 2.05) is 0 Å². The lowest BCUT2D eigenvalue weighted by molar-refractivity contribution is -0.121. The van der Waals surface area contributed by atoms with E-state index in [4.69, 9.17) is 11.6 Å². The summed E-state index contributed by atoms with van der Waals surface area (Å²) in [6, 6.07) is 10.1. The molecule has 1 heterocycles. The third kappa shape index (κ3) is 5.32. The van der Waals surface area contributed by atoms with Gasteiger partial charge in [-0.25, -0.2) is 8.42 Å². The topological polar surface area (TPSA) is 95.6 Å². The molecule has 10 heteroatoms. The number of anilines is 1. The van der Waals surface area contributed by atoms with Crippen LogP contribution < -0.4 is 10.6 Å². The number of carbonyl (C=O) groups is 2. The molecule has 1 saturated carbocycles. The summed E-state index contributed by atoms with van der Waals surface area (Å²) in [6.07, 6.45) is 1.89. The Balaban J connectivity index is 1.49. The highest BCUT2D eigenvalue weighted by Crippen LogP contribution is 2.30. The fourth-order valence-electron chi connectivity index (χ4n) is 2.43. The van der Waals surface area contributed by atoms with Crippen LogP contribution in [-0.2, 0) is 26.2 Å². The van der Waals surface area contributed by atoms with Crippen LogP contribution in [0.25, 0.3) is 0 Å². The average molecular weight is 442 g/mol. The van der Waals surface area contributed by atoms with Gasteiger partial charge in [0.25, 0.3) is 10.0 Å². The van der Waals surface area contributed by atoms with Gasteiger partial charge in [0.1, 0.15) is 4.21 Å². The van der Waals surface area contributed by atoms with Crippen molar-refractivity contribution in [3.8, 4) is 0 Å². The summed E-state index contributed by atoms with van der Waals surface area (Å²) in [5, 5.41) is 5.54. The molecule has 2 N–H and O–H groups in total. The number of thiophene rings is 1. The number of nitrogens with zero attached hydrogens (tertiary/aromatic N) is 1. The van der Waals surface area contributed by atoms with Crippen molar-refractivity contribution in [3.05, 3.63) is 46.3 Å². The Morgan fingerprint density at radius 2 is 1.86 bits per heavy atom. The number of hydrogen-bond acceptors (Lipinski definition) is 5. The number of hydrogen-bond donors (Lipinski definition) is 2. The van der Waals surface area contributed by atoms with E-state index in [2.05, 4.69) is 10.6 Å². The van der Waals surface area contributed by atoms with E-state index in [0.29, 0.717) is 10.0 Å². The van der Waals surface area contributed by atoms with Crippen LogP contribution in [0.4, 0.5) is 5.69 Å². The number of rotatable bonds is 8. The molecule has 0 saturated heterocycles. The first-order valence-corrected chi connectivity index (χ1v) is 11.3. The molecule has 1 aliphatic carbocycles. The highest BCUT2D eigenvalue weighted by atomic mass is 35.5. The number of sulfonamides is 1. The molecule has 150 valence electrons. The summed E-state index contributed by atoms with van der Waals surface area (Å²) in [7, 11) is -2.40. The first-order valence-electron chi connectivity index (χ1n) is 8.64. The molecule has 0 radical (unpaired) electrons. The number of amides is 2. The lowest BCUT2D eigenvalue weighted by Crippen LogP contribution is -2.37. The predicted molar refractivity (Wildman–Crippen MR) is 109 cm³/mol. The standard InChI is InChI=1S/C18H20ClN3O4S2/c1-22(28(25,26)17-9-8-15(19)27-17)11-16(23)20-10-12-2-6-14(7-3-12)21-18(24)13-4-5-13/h2-3,6-9,13H,4-5,10-11H2,1H3,(H,20,23)(H,21,24). The van der Waals surface area contributed by atoms with Gasteiger partial charge in [0, 0.05) is 25.2 Å². The molecular weight excluding hydrogens is 422 g/mol. The maximum Gasteiger partial charge on any atom is 0.252 e. The summed E-state index contributed by atoms with van der Waals surface area (Å²) in [5.41, 5.74) is 1.56. The Morgan fingerprint density at radius 1 is 1.18 bits per heavy atom. The summed E-state index contributed by atoms with van der Waals surface area (Å²) in [6.45, 7) is -0.0399. The van der Waals surface area contributed by atoms with Gasteiger partial charge >= 0.3 is 0 Å². The minimum atomic E-state index is -3.75. The van der Waals surface area contributed by atoms with Crippen molar-refractivity contribution in [1.82, 2.24) is 9.62 Å². The Labute approximate surface area is 172 Å². The van der Waals surface area contributed by atoms with Gasteiger partial charge in [-0.05, 0) is 42.7 Å². The average Bonchev–Trinajstić information content (AvgIpc) is 3.42. The minimum absolute atomic E-state index is 0.0392. The first-order chi connectivity index (χ1) is 13.3. The molecule has 1 fully saturated rings. The Morgan fingerprint density at radius 3 is 2.43 bits per heavy atom. The molecule has 0 bridgehead atoms. The molecule has 0 atom stereocenters. The second kappa shape index (κ2) is 8.60. The monoisotopic (exact) mass is 441 g/mol. The Kier molecular flexibility index (Phi) is 6.39. The van der Waals surface area contributed by atoms with Crippen LogP contribution in [0.5, 0.6) is 0 Å². The minimum Gasteiger partial charge on any atom is -0.351 e. The van der Waals surface area contributed by atoms with Crippen LogP contribution in [0.3, 0.4) is 0 Å². The van der Waals surface area contributed by atoms with Crippen molar-refractivity contribution >= 4 is 50.5 Å². The smallest absolute Gasteiger partial charge is 0.252 e. The lowest BCUT2D eigenvalue weighted by atomic mass is 10.2. The quantitative estimate of drug-likeness (QED) is 0.658. The van der Waals surface area contributed by atoms with Gasteiger partial charge in [-0.2, -0.15) is 4.31 Å². The fourth-order valence-corrected chi connectivity index (χ4v) is 5.25. The first kappa shape index (κ1) is 20.8. The lowest BCUT2D eigenvalue weighted by Gasteiger charge is -2.15. The molecule has 1 aromatic carbocycles. The second-order valence-electron chi connectivity index (χ2n) is 6.56. The molecule has 2 amide bonds. The van der Waals surface area contributed by atoms with Crippen LogP contribution in [0.1, 0.15) is 18.4 Å². The van der Waals surface area contributed by atoms with Crippen LogP contribution in [-0.4, -0.2) is 38.1 Å². The van der Waals surface area contributed by atoms with E-state index in [1.165, 1.54) is 19.2 Å². The zero-order valence-electron chi connectivity index (χ0n) is 15.1. The number of benzene rings is 1. The van der Waals surface area contributed by atoms with Crippen LogP contribution in [0, 0.1) is 5.92 Å². The van der Waals surface area contributed by atoms with Gasteiger partial charge in [-0.1, -0.05) is 23.7 Å². The molecule has 1 aliphatic rings. The Hall–Kier alpha value is -1.94. The molecule has 0 unspecified atom stereocenters. The summed E-state index contributed by atoms with van der Waals surface area (Å²) >= 11 is 6.73. The van der Waals surface area contributed by atoms with E-state index < -0.39 is 15.9 Å². The SMILES string of the molecule is CN(CC(=O)NCc1ccc(NC(=O)C2CC2)cc1)S(=O)(=O)c1ccc(Cl)s1. The van der Waals surface area contributed by atoms with Crippen molar-refractivity contribution in [3.63, 3.8) is 0 Å². The normalized spacial score (nSPS) is 14.1. The fraction of sp³-hybridized carbons (Fsp3) is 0.333. The summed E-state index contributed by atoms with van der Waals surface area (Å²) < 4.78 is 26.2. The summed E-state index contributed by atoms with van der Waals surface area (Å²) in [5.74, 6) is -0.241. The maximum atomic E-state index is 12.4. The summed E-state index contributed by atoms with van der Waals surface area (Å²) in [4.78, 5) is 23.8. The van der Waals surface area contributed by atoms with Gasteiger partial charge in [0.05, 0.1) is 10.9 Å². The third-order valence-electron chi connectivity index (χ3n) is 4.24. The van der Waals surface area contributed by atoms with E-state index in [1.54, 1.807) is 24.3 Å². The van der Waals surface area contributed by atoms with Gasteiger partial charge in [0.2, 0.25) is 11.8 Å². The predicted octanol–water partition coefficient (Wildman–Crippen LogP) is 2.69. The third-order valence-corrected chi connectivity index (χ3v) is 7.74. The van der Waals surface area contributed by atoms with E-state index >= 15 is 0 Å². The van der Waals surface area contributed by atoms with Crippen LogP contribution in [0.15, 0.2) is 40.6 Å². The van der Waals surface area contributed by atoms with Crippen LogP contribution >= 0.6 is 22.9 Å². The highest BCUT2D eigenvalue weighted by molar-refractivity contribution is 7.91. The molecule has 2 aromatic rings. The Bertz CT molecular complexity index is 969.